The first-order chi connectivity index (χ1) is 13.3. The van der Waals surface area contributed by atoms with Crippen molar-refractivity contribution in [2.24, 2.45) is 0 Å². The van der Waals surface area contributed by atoms with Crippen LogP contribution in [0.25, 0.3) is 6.08 Å². The van der Waals surface area contributed by atoms with Gasteiger partial charge in [0, 0.05) is 7.05 Å². The largest absolute Gasteiger partial charge is 0.494 e. The zero-order valence-electron chi connectivity index (χ0n) is 17.0. The molecule has 1 aliphatic rings. The van der Waals surface area contributed by atoms with Gasteiger partial charge in [-0.3, -0.25) is 9.69 Å². The van der Waals surface area contributed by atoms with Crippen LogP contribution in [0.1, 0.15) is 43.4 Å². The van der Waals surface area contributed by atoms with Gasteiger partial charge in [-0.1, -0.05) is 32.0 Å². The van der Waals surface area contributed by atoms with Gasteiger partial charge in [-0.15, -0.1) is 0 Å². The van der Waals surface area contributed by atoms with E-state index in [2.05, 4.69) is 26.0 Å². The van der Waals surface area contributed by atoms with E-state index in [1.165, 1.54) is 0 Å². The third-order valence-corrected chi connectivity index (χ3v) is 5.35. The summed E-state index contributed by atoms with van der Waals surface area (Å²) in [6.07, 6.45) is 1.93. The van der Waals surface area contributed by atoms with Crippen molar-refractivity contribution in [3.8, 4) is 5.75 Å². The number of amides is 1. The SMILES string of the molecule is CCOc1cc(C)c(/C=C2/C(=O)N(c3ccccc3)C(=S)N2C)cc1C(C)C. The molecule has 3 rings (SSSR count). The number of aryl methyl sites for hydroxylation is 1. The molecule has 2 aromatic carbocycles. The number of benzene rings is 2. The minimum Gasteiger partial charge on any atom is -0.494 e. The smallest absolute Gasteiger partial charge is 0.281 e. The highest BCUT2D eigenvalue weighted by molar-refractivity contribution is 7.80. The van der Waals surface area contributed by atoms with E-state index in [0.717, 1.165) is 28.1 Å². The molecule has 0 unspecified atom stereocenters. The fourth-order valence-corrected chi connectivity index (χ4v) is 3.60. The molecule has 0 radical (unpaired) electrons. The lowest BCUT2D eigenvalue weighted by Gasteiger charge is -2.17. The molecule has 146 valence electrons. The molecule has 4 nitrogen and oxygen atoms in total. The van der Waals surface area contributed by atoms with Crippen LogP contribution in [0.4, 0.5) is 5.69 Å². The molecule has 0 atom stereocenters. The van der Waals surface area contributed by atoms with Crippen LogP contribution in [0.3, 0.4) is 0 Å². The number of carbonyl (C=O) groups is 1. The van der Waals surface area contributed by atoms with E-state index in [1.807, 2.05) is 57.3 Å². The van der Waals surface area contributed by atoms with Crippen LogP contribution in [-0.2, 0) is 4.79 Å². The lowest BCUT2D eigenvalue weighted by atomic mass is 9.96. The highest BCUT2D eigenvalue weighted by Gasteiger charge is 2.36. The maximum atomic E-state index is 13.1. The summed E-state index contributed by atoms with van der Waals surface area (Å²) in [4.78, 5) is 16.5. The fourth-order valence-electron chi connectivity index (χ4n) is 3.31. The van der Waals surface area contributed by atoms with Crippen LogP contribution in [0.15, 0.2) is 48.2 Å². The minimum absolute atomic E-state index is 0.113. The van der Waals surface area contributed by atoms with E-state index in [4.69, 9.17) is 17.0 Å². The van der Waals surface area contributed by atoms with E-state index in [-0.39, 0.29) is 5.91 Å². The minimum atomic E-state index is -0.113. The summed E-state index contributed by atoms with van der Waals surface area (Å²) >= 11 is 5.54. The fraction of sp³-hybridized carbons (Fsp3) is 0.304. The van der Waals surface area contributed by atoms with Crippen molar-refractivity contribution in [3.05, 3.63) is 64.9 Å². The zero-order valence-corrected chi connectivity index (χ0v) is 17.8. The summed E-state index contributed by atoms with van der Waals surface area (Å²) in [5.41, 5.74) is 4.54. The number of hydrogen-bond donors (Lipinski definition) is 0. The normalized spacial score (nSPS) is 15.9. The van der Waals surface area contributed by atoms with Crippen molar-refractivity contribution in [2.45, 2.75) is 33.6 Å². The summed E-state index contributed by atoms with van der Waals surface area (Å²) in [5.74, 6) is 1.11. The third-order valence-electron chi connectivity index (χ3n) is 4.89. The van der Waals surface area contributed by atoms with Crippen LogP contribution in [-0.4, -0.2) is 29.6 Å². The van der Waals surface area contributed by atoms with Gasteiger partial charge in [-0.2, -0.15) is 0 Å². The van der Waals surface area contributed by atoms with Crippen LogP contribution in [0.2, 0.25) is 0 Å². The molecule has 5 heteroatoms. The zero-order chi connectivity index (χ0) is 20.4. The molecule has 2 aromatic rings. The van der Waals surface area contributed by atoms with E-state index in [1.54, 1.807) is 9.80 Å². The molecule has 1 amide bonds. The molecule has 28 heavy (non-hydrogen) atoms. The highest BCUT2D eigenvalue weighted by atomic mass is 32.1. The monoisotopic (exact) mass is 394 g/mol. The van der Waals surface area contributed by atoms with Gasteiger partial charge in [0.05, 0.1) is 12.3 Å². The van der Waals surface area contributed by atoms with Gasteiger partial charge in [0.25, 0.3) is 5.91 Å². The second kappa shape index (κ2) is 8.15. The molecule has 0 bridgehead atoms. The predicted molar refractivity (Wildman–Crippen MR) is 119 cm³/mol. The third kappa shape index (κ3) is 3.67. The Bertz CT molecular complexity index is 935. The lowest BCUT2D eigenvalue weighted by Crippen LogP contribution is -2.30. The lowest BCUT2D eigenvalue weighted by molar-refractivity contribution is -0.114. The number of carbonyl (C=O) groups excluding carboxylic acids is 1. The quantitative estimate of drug-likeness (QED) is 0.520. The Labute approximate surface area is 172 Å². The summed E-state index contributed by atoms with van der Waals surface area (Å²) in [6, 6.07) is 13.7. The maximum absolute atomic E-state index is 13.1. The molecule has 1 heterocycles. The number of hydrogen-bond acceptors (Lipinski definition) is 3. The number of ether oxygens (including phenoxy) is 1. The second-order valence-corrected chi connectivity index (χ2v) is 7.55. The topological polar surface area (TPSA) is 32.8 Å². The Morgan fingerprint density at radius 2 is 1.86 bits per heavy atom. The van der Waals surface area contributed by atoms with Gasteiger partial charge < -0.3 is 9.64 Å². The summed E-state index contributed by atoms with van der Waals surface area (Å²) in [7, 11) is 1.84. The average molecular weight is 395 g/mol. The van der Waals surface area contributed by atoms with Crippen LogP contribution >= 0.6 is 12.2 Å². The van der Waals surface area contributed by atoms with Crippen molar-refractivity contribution in [3.63, 3.8) is 0 Å². The summed E-state index contributed by atoms with van der Waals surface area (Å²) in [5, 5.41) is 0.482. The molecule has 0 saturated carbocycles. The van der Waals surface area contributed by atoms with E-state index in [9.17, 15) is 4.79 Å². The highest BCUT2D eigenvalue weighted by Crippen LogP contribution is 2.33. The van der Waals surface area contributed by atoms with Gasteiger partial charge in [0.1, 0.15) is 11.4 Å². The molecule has 1 aliphatic heterocycles. The van der Waals surface area contributed by atoms with E-state index < -0.39 is 0 Å². The maximum Gasteiger partial charge on any atom is 0.281 e. The number of thiocarbonyl (C=S) groups is 1. The van der Waals surface area contributed by atoms with Crippen LogP contribution in [0.5, 0.6) is 5.75 Å². The Balaban J connectivity index is 2.05. The van der Waals surface area contributed by atoms with Gasteiger partial charge in [-0.25, -0.2) is 0 Å². The molecule has 0 aromatic heterocycles. The number of likely N-dealkylation sites (N-methyl/N-ethyl adjacent to an activating group) is 1. The molecule has 0 spiro atoms. The van der Waals surface area contributed by atoms with Crippen molar-refractivity contribution < 1.29 is 9.53 Å². The van der Waals surface area contributed by atoms with Gasteiger partial charge in [-0.05, 0) is 79.0 Å². The number of para-hydroxylation sites is 1. The Morgan fingerprint density at radius 1 is 1.18 bits per heavy atom. The van der Waals surface area contributed by atoms with Crippen molar-refractivity contribution in [1.29, 1.82) is 0 Å². The molecule has 1 saturated heterocycles. The Morgan fingerprint density at radius 3 is 2.46 bits per heavy atom. The number of rotatable bonds is 5. The average Bonchev–Trinajstić information content (AvgIpc) is 2.87. The summed E-state index contributed by atoms with van der Waals surface area (Å²) < 4.78 is 5.81. The molecule has 1 fully saturated rings. The standard InChI is InChI=1S/C23H26N2O2S/c1-6-27-21-12-16(4)17(13-19(21)15(2)3)14-20-22(26)25(23(28)24(20)5)18-10-8-7-9-11-18/h7-15H,6H2,1-5H3/b20-14-. The van der Waals surface area contributed by atoms with E-state index >= 15 is 0 Å². The number of nitrogens with zero attached hydrogens (tertiary/aromatic N) is 2. The first-order valence-electron chi connectivity index (χ1n) is 9.51. The predicted octanol–water partition coefficient (Wildman–Crippen LogP) is 5.12. The Kier molecular flexibility index (Phi) is 5.84. The van der Waals surface area contributed by atoms with Crippen molar-refractivity contribution in [2.75, 3.05) is 18.6 Å². The first-order valence-corrected chi connectivity index (χ1v) is 9.92. The van der Waals surface area contributed by atoms with Gasteiger partial charge in [0.2, 0.25) is 0 Å². The molecule has 0 aliphatic carbocycles. The van der Waals surface area contributed by atoms with Crippen molar-refractivity contribution >= 4 is 35.0 Å². The first kappa shape index (κ1) is 20.1. The van der Waals surface area contributed by atoms with Crippen LogP contribution in [0, 0.1) is 6.92 Å². The number of anilines is 1. The van der Waals surface area contributed by atoms with Gasteiger partial charge >= 0.3 is 0 Å². The second-order valence-electron chi connectivity index (χ2n) is 7.18. The van der Waals surface area contributed by atoms with Crippen LogP contribution < -0.4 is 9.64 Å². The van der Waals surface area contributed by atoms with E-state index in [0.29, 0.717) is 23.3 Å². The van der Waals surface area contributed by atoms with Crippen molar-refractivity contribution in [1.82, 2.24) is 4.90 Å². The van der Waals surface area contributed by atoms with Gasteiger partial charge in [0.15, 0.2) is 5.11 Å². The Hall–Kier alpha value is -2.66. The summed E-state index contributed by atoms with van der Waals surface area (Å²) in [6.45, 7) is 8.93. The molecular formula is C23H26N2O2S. The molecule has 0 N–H and O–H groups in total. The molecular weight excluding hydrogens is 368 g/mol.